The third kappa shape index (κ3) is 6.22. The molecule has 4 saturated heterocycles. The summed E-state index contributed by atoms with van der Waals surface area (Å²) in [7, 11) is 0. The lowest BCUT2D eigenvalue weighted by molar-refractivity contribution is -0.163. The first-order valence-corrected chi connectivity index (χ1v) is 16.5. The Morgan fingerprint density at radius 3 is 2.58 bits per heavy atom. The van der Waals surface area contributed by atoms with Crippen LogP contribution >= 0.6 is 0 Å². The summed E-state index contributed by atoms with van der Waals surface area (Å²) in [5.41, 5.74) is -1.38. The van der Waals surface area contributed by atoms with Gasteiger partial charge >= 0.3 is 5.97 Å². The Hall–Kier alpha value is -3.05. The summed E-state index contributed by atoms with van der Waals surface area (Å²) in [6, 6.07) is 7.46. The van der Waals surface area contributed by atoms with Gasteiger partial charge in [-0.05, 0) is 44.1 Å². The van der Waals surface area contributed by atoms with E-state index in [2.05, 4.69) is 18.1 Å². The molecule has 0 radical (unpaired) electrons. The van der Waals surface area contributed by atoms with Crippen molar-refractivity contribution >= 4 is 17.8 Å². The number of allylic oxidation sites excluding steroid dienone is 1. The largest absolute Gasteiger partial charge is 0.465 e. The highest BCUT2D eigenvalue weighted by Crippen LogP contribution is 2.65. The zero-order valence-electron chi connectivity index (χ0n) is 26.6. The lowest BCUT2D eigenvalue weighted by Gasteiger charge is -2.40. The molecule has 6 atom stereocenters. The van der Waals surface area contributed by atoms with Gasteiger partial charge in [0.25, 0.3) is 0 Å². The Kier molecular flexibility index (Phi) is 10.8. The molecule has 2 amide bonds. The summed E-state index contributed by atoms with van der Waals surface area (Å²) in [4.78, 5) is 49.0. The fourth-order valence-corrected chi connectivity index (χ4v) is 8.02. The molecule has 1 N–H and O–H groups in total. The van der Waals surface area contributed by atoms with Crippen LogP contribution < -0.4 is 0 Å². The minimum absolute atomic E-state index is 0.251. The summed E-state index contributed by atoms with van der Waals surface area (Å²) < 4.78 is 18.2. The van der Waals surface area contributed by atoms with E-state index in [0.717, 1.165) is 25.9 Å². The molecular weight excluding hydrogens is 574 g/mol. The molecule has 246 valence electrons. The number of aliphatic hydroxyl groups is 1. The van der Waals surface area contributed by atoms with Crippen LogP contribution in [0.15, 0.2) is 55.6 Å². The van der Waals surface area contributed by atoms with Crippen LogP contribution in [0.1, 0.15) is 57.1 Å². The molecule has 4 fully saturated rings. The molecule has 4 heterocycles. The predicted molar refractivity (Wildman–Crippen MR) is 169 cm³/mol. The van der Waals surface area contributed by atoms with Crippen molar-refractivity contribution in [3.05, 3.63) is 61.2 Å². The lowest BCUT2D eigenvalue weighted by atomic mass is 9.65. The van der Waals surface area contributed by atoms with Crippen molar-refractivity contribution in [1.29, 1.82) is 0 Å². The number of amides is 2. The topological polar surface area (TPSA) is 109 Å². The highest BCUT2D eigenvalue weighted by molar-refractivity contribution is 5.99. The minimum Gasteiger partial charge on any atom is -0.465 e. The molecule has 0 saturated carbocycles. The predicted octanol–water partition coefficient (Wildman–Crippen LogP) is 3.12. The molecule has 1 aromatic rings. The molecule has 0 aromatic heterocycles. The van der Waals surface area contributed by atoms with Crippen LogP contribution in [0.2, 0.25) is 0 Å². The second kappa shape index (κ2) is 14.6. The van der Waals surface area contributed by atoms with E-state index in [1.807, 2.05) is 43.3 Å². The van der Waals surface area contributed by atoms with Crippen molar-refractivity contribution in [1.82, 2.24) is 14.7 Å². The monoisotopic (exact) mass is 623 g/mol. The quantitative estimate of drug-likeness (QED) is 0.170. The molecule has 4 aliphatic rings. The number of benzene rings is 1. The number of carbonyl (C=O) groups is 3. The molecular formula is C35H49N3O7. The zero-order valence-corrected chi connectivity index (χ0v) is 26.6. The van der Waals surface area contributed by atoms with E-state index < -0.39 is 41.1 Å². The van der Waals surface area contributed by atoms with Crippen molar-refractivity contribution in [3.63, 3.8) is 0 Å². The SMILES string of the molecule is C=CCCCCOC(=O)[C@H]1[C@H]2C(=O)N([C@H](CO)c3ccccc3)C(C(=O)N(CC=C)CCN3CCOCC3)C23CC[C@]1(CC)O3. The van der Waals surface area contributed by atoms with Gasteiger partial charge in [-0.15, -0.1) is 13.2 Å². The molecule has 2 bridgehead atoms. The number of hydrogen-bond acceptors (Lipinski definition) is 8. The Morgan fingerprint density at radius 1 is 1.16 bits per heavy atom. The fourth-order valence-electron chi connectivity index (χ4n) is 8.02. The molecule has 4 aliphatic heterocycles. The van der Waals surface area contributed by atoms with Crippen LogP contribution in [0.3, 0.4) is 0 Å². The molecule has 45 heavy (non-hydrogen) atoms. The Labute approximate surface area is 267 Å². The molecule has 2 unspecified atom stereocenters. The number of rotatable bonds is 16. The van der Waals surface area contributed by atoms with E-state index in [9.17, 15) is 19.5 Å². The molecule has 1 aromatic carbocycles. The molecule has 10 heteroatoms. The first kappa shape index (κ1) is 33.3. The molecule has 10 nitrogen and oxygen atoms in total. The normalized spacial score (nSPS) is 29.8. The Bertz CT molecular complexity index is 1220. The summed E-state index contributed by atoms with van der Waals surface area (Å²) in [6.07, 6.45) is 7.45. The summed E-state index contributed by atoms with van der Waals surface area (Å²) in [5.74, 6) is -2.76. The Balaban J connectivity index is 1.51. The van der Waals surface area contributed by atoms with Crippen LogP contribution in [0.5, 0.6) is 0 Å². The number of unbranched alkanes of at least 4 members (excludes halogenated alkanes) is 2. The maximum absolute atomic E-state index is 14.8. The van der Waals surface area contributed by atoms with E-state index in [-0.39, 0.29) is 25.0 Å². The maximum atomic E-state index is 14.8. The summed E-state index contributed by atoms with van der Waals surface area (Å²) >= 11 is 0. The van der Waals surface area contributed by atoms with Crippen molar-refractivity contribution < 1.29 is 33.7 Å². The number of hydrogen-bond donors (Lipinski definition) is 1. The first-order valence-electron chi connectivity index (χ1n) is 16.5. The van der Waals surface area contributed by atoms with E-state index in [1.165, 1.54) is 4.90 Å². The van der Waals surface area contributed by atoms with Crippen LogP contribution in [-0.4, -0.2) is 114 Å². The van der Waals surface area contributed by atoms with E-state index in [1.54, 1.807) is 11.0 Å². The molecule has 0 aliphatic carbocycles. The van der Waals surface area contributed by atoms with Gasteiger partial charge in [-0.3, -0.25) is 19.3 Å². The smallest absolute Gasteiger partial charge is 0.312 e. The number of morpholine rings is 1. The number of aliphatic hydroxyl groups excluding tert-OH is 1. The van der Waals surface area contributed by atoms with E-state index in [0.29, 0.717) is 64.1 Å². The van der Waals surface area contributed by atoms with Crippen molar-refractivity contribution in [2.24, 2.45) is 11.8 Å². The van der Waals surface area contributed by atoms with Crippen molar-refractivity contribution in [2.75, 3.05) is 59.2 Å². The van der Waals surface area contributed by atoms with Crippen molar-refractivity contribution in [3.8, 4) is 0 Å². The number of nitrogens with zero attached hydrogens (tertiary/aromatic N) is 3. The minimum atomic E-state index is -1.21. The maximum Gasteiger partial charge on any atom is 0.312 e. The fraction of sp³-hybridized carbons (Fsp3) is 0.629. The van der Waals surface area contributed by atoms with Crippen LogP contribution in [0.25, 0.3) is 0 Å². The van der Waals surface area contributed by atoms with E-state index >= 15 is 0 Å². The number of ether oxygens (including phenoxy) is 3. The van der Waals surface area contributed by atoms with Gasteiger partial charge in [-0.1, -0.05) is 49.4 Å². The second-order valence-corrected chi connectivity index (χ2v) is 12.7. The van der Waals surface area contributed by atoms with Gasteiger partial charge in [-0.25, -0.2) is 0 Å². The third-order valence-electron chi connectivity index (χ3n) is 10.3. The third-order valence-corrected chi connectivity index (χ3v) is 10.3. The van der Waals surface area contributed by atoms with Gasteiger partial charge in [0.05, 0.1) is 44.0 Å². The number of fused-ring (bicyclic) bond motifs is 1. The van der Waals surface area contributed by atoms with Crippen molar-refractivity contribution in [2.45, 2.75) is 68.7 Å². The van der Waals surface area contributed by atoms with Gasteiger partial charge in [-0.2, -0.15) is 0 Å². The number of esters is 1. The van der Waals surface area contributed by atoms with Gasteiger partial charge in [0, 0.05) is 32.7 Å². The first-order chi connectivity index (χ1) is 21.9. The van der Waals surface area contributed by atoms with Gasteiger partial charge in [0.2, 0.25) is 11.8 Å². The van der Waals surface area contributed by atoms with E-state index in [4.69, 9.17) is 14.2 Å². The standard InChI is InChI=1S/C35H49N3O7/c1-4-7-8-12-22-44-33(42)29-28-31(40)38(27(25-39)26-13-10-9-11-14-26)30(35(28)16-15-34(29,6-3)45-35)32(41)37(17-5-2)19-18-36-20-23-43-24-21-36/h4-5,9-11,13-14,27-30,39H,1-2,6-8,12,15-25H2,3H3/t27-,28+,29-,30?,34+,35?/m1/s1. The Morgan fingerprint density at radius 2 is 1.91 bits per heavy atom. The highest BCUT2D eigenvalue weighted by atomic mass is 16.6. The molecule has 5 rings (SSSR count). The van der Waals surface area contributed by atoms with Gasteiger partial charge in [0.15, 0.2) is 0 Å². The van der Waals surface area contributed by atoms with Gasteiger partial charge in [0.1, 0.15) is 17.6 Å². The van der Waals surface area contributed by atoms with Crippen LogP contribution in [-0.2, 0) is 28.6 Å². The highest BCUT2D eigenvalue weighted by Gasteiger charge is 2.79. The second-order valence-electron chi connectivity index (χ2n) is 12.7. The zero-order chi connectivity index (χ0) is 32.0. The summed E-state index contributed by atoms with van der Waals surface area (Å²) in [6.45, 7) is 13.8. The number of likely N-dealkylation sites (tertiary alicyclic amines) is 1. The van der Waals surface area contributed by atoms with Crippen LogP contribution in [0.4, 0.5) is 0 Å². The number of carbonyl (C=O) groups excluding carboxylic acids is 3. The van der Waals surface area contributed by atoms with Gasteiger partial charge < -0.3 is 29.1 Å². The average molecular weight is 624 g/mol. The summed E-state index contributed by atoms with van der Waals surface area (Å²) in [5, 5.41) is 10.8. The molecule has 1 spiro atoms. The average Bonchev–Trinajstić information content (AvgIpc) is 3.67. The lowest BCUT2D eigenvalue weighted by Crippen LogP contribution is -2.58. The van der Waals surface area contributed by atoms with Crippen LogP contribution in [0, 0.1) is 11.8 Å².